The zero-order chi connectivity index (χ0) is 50.4. The van der Waals surface area contributed by atoms with Crippen molar-refractivity contribution in [1.29, 1.82) is 5.41 Å². The first-order chi connectivity index (χ1) is 33.3. The standard InChI is InChI=1S/C43H55N16O10P/c1-24-18-59(43(65)51-38(24)60)37-17-30(52-54-46)35(68-37)23-67-70(66,69-29-9-7-6-8-10-29)53-28-16-34(58(5)22-28)42(64)50-27-15-33(57(4)21-27)41(63)49-26-14-32(56(3)20-26)40(62)48-25-13-31(55(2)19-25)39(61)47-12-11-36(44)45/h13-16,18-22,29-30,35,37H,6-12,17,23H2,1-5H3,(H3,44,45)(H,47,61)(H,48,62)(H,49,63)(H,50,64)(H,53,66)(H,51,60,65)/t30-,35+,37+,70?/m0/s1. The summed E-state index contributed by atoms with van der Waals surface area (Å²) in [5, 5.41) is 25.0. The summed E-state index contributed by atoms with van der Waals surface area (Å²) in [6.45, 7) is 1.35. The highest BCUT2D eigenvalue weighted by atomic mass is 31.2. The van der Waals surface area contributed by atoms with Crippen LogP contribution in [0.5, 0.6) is 0 Å². The minimum absolute atomic E-state index is 0.0541. The van der Waals surface area contributed by atoms with Gasteiger partial charge in [0.2, 0.25) is 0 Å². The maximum atomic E-state index is 14.6. The van der Waals surface area contributed by atoms with Crippen LogP contribution in [0.15, 0.2) is 70.0 Å². The van der Waals surface area contributed by atoms with E-state index in [1.165, 1.54) is 61.9 Å². The lowest BCUT2D eigenvalue weighted by Gasteiger charge is -2.28. The number of ether oxygens (including phenoxy) is 1. The lowest BCUT2D eigenvalue weighted by Crippen LogP contribution is -2.33. The van der Waals surface area contributed by atoms with E-state index in [0.717, 1.165) is 19.3 Å². The first-order valence-electron chi connectivity index (χ1n) is 22.2. The molecule has 7 rings (SSSR count). The monoisotopic (exact) mass is 986 g/mol. The van der Waals surface area contributed by atoms with Crippen molar-refractivity contribution in [3.8, 4) is 0 Å². The second-order valence-corrected chi connectivity index (χ2v) is 18.9. The van der Waals surface area contributed by atoms with Crippen LogP contribution in [0.4, 0.5) is 22.7 Å². The number of hydrogen-bond acceptors (Lipinski definition) is 12. The van der Waals surface area contributed by atoms with Crippen LogP contribution < -0.4 is 43.3 Å². The smallest absolute Gasteiger partial charge is 0.388 e. The number of aromatic nitrogens is 6. The zero-order valence-corrected chi connectivity index (χ0v) is 39.9. The van der Waals surface area contributed by atoms with Gasteiger partial charge >= 0.3 is 13.4 Å². The van der Waals surface area contributed by atoms with E-state index in [-0.39, 0.29) is 71.5 Å². The van der Waals surface area contributed by atoms with E-state index >= 15 is 0 Å². The summed E-state index contributed by atoms with van der Waals surface area (Å²) in [5.74, 6) is -2.05. The van der Waals surface area contributed by atoms with Gasteiger partial charge in [-0.15, -0.1) is 0 Å². The van der Waals surface area contributed by atoms with Crippen LogP contribution in [-0.2, 0) is 46.5 Å². The molecule has 0 aromatic carbocycles. The fourth-order valence-electron chi connectivity index (χ4n) is 8.22. The molecule has 6 heterocycles. The topological polar surface area (TPSA) is 346 Å². The molecular formula is C43H55N16O10P. The summed E-state index contributed by atoms with van der Waals surface area (Å²) in [5.41, 5.74) is 15.7. The molecule has 1 unspecified atom stereocenters. The van der Waals surface area contributed by atoms with Crippen molar-refractivity contribution in [2.75, 3.05) is 34.2 Å². The van der Waals surface area contributed by atoms with Crippen molar-refractivity contribution >= 4 is 60.0 Å². The Kier molecular flexibility index (Phi) is 15.3. The third-order valence-corrected chi connectivity index (χ3v) is 13.4. The van der Waals surface area contributed by atoms with Crippen molar-refractivity contribution in [2.24, 2.45) is 39.0 Å². The van der Waals surface area contributed by atoms with E-state index in [4.69, 9.17) is 24.9 Å². The predicted molar refractivity (Wildman–Crippen MR) is 257 cm³/mol. The number of hydrogen-bond donors (Lipinski definition) is 8. The van der Waals surface area contributed by atoms with Crippen molar-refractivity contribution < 1.29 is 37.5 Å². The molecule has 2 fully saturated rings. The summed E-state index contributed by atoms with van der Waals surface area (Å²) in [4.78, 5) is 82.9. The van der Waals surface area contributed by atoms with Gasteiger partial charge in [0.1, 0.15) is 29.0 Å². The van der Waals surface area contributed by atoms with Crippen LogP contribution in [0.2, 0.25) is 0 Å². The van der Waals surface area contributed by atoms with E-state index < -0.39 is 67.1 Å². The van der Waals surface area contributed by atoms with Gasteiger partial charge in [-0.3, -0.25) is 53.1 Å². The highest BCUT2D eigenvalue weighted by Gasteiger charge is 2.40. The molecule has 4 amide bonds. The quantitative estimate of drug-likeness (QED) is 0.0141. The Labute approximate surface area is 399 Å². The molecule has 9 N–H and O–H groups in total. The molecule has 5 aromatic heterocycles. The molecule has 1 aliphatic carbocycles. The Hall–Kier alpha value is -7.63. The van der Waals surface area contributed by atoms with Gasteiger partial charge in [0, 0.05) is 89.0 Å². The van der Waals surface area contributed by atoms with Gasteiger partial charge in [0.15, 0.2) is 0 Å². The van der Waals surface area contributed by atoms with Gasteiger partial charge < -0.3 is 50.0 Å². The van der Waals surface area contributed by atoms with Crippen LogP contribution in [0.25, 0.3) is 10.4 Å². The normalized spacial score (nSPS) is 17.8. The fraction of sp³-hybridized carbons (Fsp3) is 0.419. The number of rotatable bonds is 19. The lowest BCUT2D eigenvalue weighted by atomic mass is 9.98. The maximum absolute atomic E-state index is 14.6. The molecule has 1 saturated carbocycles. The Bertz CT molecular complexity index is 3040. The Morgan fingerprint density at radius 3 is 1.84 bits per heavy atom. The van der Waals surface area contributed by atoms with Crippen molar-refractivity contribution in [2.45, 2.75) is 76.3 Å². The minimum atomic E-state index is -4.22. The summed E-state index contributed by atoms with van der Waals surface area (Å²) >= 11 is 0. The number of nitrogens with one attached hydrogen (secondary N) is 7. The molecule has 0 radical (unpaired) electrons. The Morgan fingerprint density at radius 2 is 1.33 bits per heavy atom. The number of aromatic amines is 1. The van der Waals surface area contributed by atoms with Crippen LogP contribution in [0.1, 0.15) is 98.7 Å². The third kappa shape index (κ3) is 12.0. The molecule has 372 valence electrons. The fourth-order valence-corrected chi connectivity index (χ4v) is 9.79. The molecule has 70 heavy (non-hydrogen) atoms. The van der Waals surface area contributed by atoms with Crippen molar-refractivity contribution in [3.05, 3.63) is 115 Å². The summed E-state index contributed by atoms with van der Waals surface area (Å²) in [6.07, 6.45) is 9.54. The molecule has 4 atom stereocenters. The van der Waals surface area contributed by atoms with Gasteiger partial charge in [-0.1, -0.05) is 24.4 Å². The van der Waals surface area contributed by atoms with Crippen LogP contribution in [0.3, 0.4) is 0 Å². The van der Waals surface area contributed by atoms with Gasteiger partial charge in [0.05, 0.1) is 53.4 Å². The molecule has 1 aliphatic heterocycles. The highest BCUT2D eigenvalue weighted by Crippen LogP contribution is 2.51. The molecule has 2 aliphatic rings. The van der Waals surface area contributed by atoms with Gasteiger partial charge in [-0.2, -0.15) is 0 Å². The zero-order valence-electron chi connectivity index (χ0n) is 39.1. The predicted octanol–water partition coefficient (Wildman–Crippen LogP) is 4.56. The van der Waals surface area contributed by atoms with Crippen LogP contribution in [-0.4, -0.2) is 88.7 Å². The Morgan fingerprint density at radius 1 is 0.829 bits per heavy atom. The number of carbonyl (C=O) groups is 4. The van der Waals surface area contributed by atoms with Crippen LogP contribution in [0, 0.1) is 12.3 Å². The molecule has 1 saturated heterocycles. The number of nitrogens with two attached hydrogens (primary N) is 1. The number of anilines is 4. The third-order valence-electron chi connectivity index (χ3n) is 11.8. The van der Waals surface area contributed by atoms with E-state index in [0.29, 0.717) is 24.2 Å². The summed E-state index contributed by atoms with van der Waals surface area (Å²) < 4.78 is 40.0. The second-order valence-electron chi connectivity index (χ2n) is 17.2. The van der Waals surface area contributed by atoms with E-state index in [1.807, 2.05) is 0 Å². The molecule has 0 spiro atoms. The Balaban J connectivity index is 0.985. The largest absolute Gasteiger partial charge is 0.433 e. The summed E-state index contributed by atoms with van der Waals surface area (Å²) in [6, 6.07) is 5.10. The first-order valence-corrected chi connectivity index (χ1v) is 23.8. The van der Waals surface area contributed by atoms with E-state index in [9.17, 15) is 38.9 Å². The maximum Gasteiger partial charge on any atom is 0.433 e. The SMILES string of the molecule is Cc1cn([C@H]2C[C@H](N=[N+]=[N-])[C@@H](COP(=O)(Nc3cc(C(=O)Nc4cc(C(=O)Nc5cc(C(=O)Nc6cc(C(=O)NCCC(=N)N)n(C)c6)n(C)c5)n(C)c4)n(C)c3)OC3CCCCC3)O2)c(=O)[nH]c1=O. The number of carbonyl (C=O) groups excluding carboxylic acids is 4. The molecule has 27 heteroatoms. The van der Waals surface area contributed by atoms with E-state index in [1.54, 1.807) is 51.3 Å². The second kappa shape index (κ2) is 21.3. The average Bonchev–Trinajstić information content (AvgIpc) is 4.13. The van der Waals surface area contributed by atoms with Gasteiger partial charge in [0.25, 0.3) is 29.2 Å². The average molecular weight is 987 g/mol. The molecule has 26 nitrogen and oxygen atoms in total. The number of amides is 4. The van der Waals surface area contributed by atoms with Crippen molar-refractivity contribution in [3.63, 3.8) is 0 Å². The molecule has 5 aromatic rings. The van der Waals surface area contributed by atoms with Gasteiger partial charge in [-0.25, -0.2) is 9.36 Å². The van der Waals surface area contributed by atoms with Gasteiger partial charge in [-0.05, 0) is 49.6 Å². The number of nitrogens with zero attached hydrogens (tertiary/aromatic N) is 8. The van der Waals surface area contributed by atoms with Crippen LogP contribution >= 0.6 is 7.75 Å². The van der Waals surface area contributed by atoms with Crippen molar-refractivity contribution in [1.82, 2.24) is 33.1 Å². The minimum Gasteiger partial charge on any atom is -0.388 e. The lowest BCUT2D eigenvalue weighted by molar-refractivity contribution is -0.0262. The summed E-state index contributed by atoms with van der Waals surface area (Å²) in [7, 11) is 2.29. The number of amidine groups is 1. The molecular weight excluding hydrogens is 932 g/mol. The number of azide groups is 1. The number of H-pyrrole nitrogens is 1. The highest BCUT2D eigenvalue weighted by molar-refractivity contribution is 7.55. The molecule has 0 bridgehead atoms. The number of aryl methyl sites for hydroxylation is 5. The first kappa shape index (κ1) is 50.3. The van der Waals surface area contributed by atoms with E-state index in [2.05, 4.69) is 41.4 Å².